The van der Waals surface area contributed by atoms with Crippen LogP contribution in [0.4, 0.5) is 5.69 Å². The Bertz CT molecular complexity index is 1230. The van der Waals surface area contributed by atoms with Crippen LogP contribution in [0.2, 0.25) is 0 Å². The van der Waals surface area contributed by atoms with Gasteiger partial charge in [-0.25, -0.2) is 13.4 Å². The van der Waals surface area contributed by atoms with E-state index in [0.29, 0.717) is 39.1 Å². The van der Waals surface area contributed by atoms with Crippen molar-refractivity contribution in [2.45, 2.75) is 20.3 Å². The van der Waals surface area contributed by atoms with Crippen LogP contribution in [0.5, 0.6) is 0 Å². The van der Waals surface area contributed by atoms with Gasteiger partial charge in [0.2, 0.25) is 15.9 Å². The normalized spacial score (nSPS) is 14.8. The van der Waals surface area contributed by atoms with Gasteiger partial charge in [0.1, 0.15) is 5.75 Å². The van der Waals surface area contributed by atoms with E-state index in [1.807, 2.05) is 61.7 Å². The molecule has 3 aromatic rings. The largest absolute Gasteiger partial charge is 0.369 e. The fourth-order valence-electron chi connectivity index (χ4n) is 4.04. The lowest BCUT2D eigenvalue weighted by atomic mass is 10.1. The SMILES string of the molecule is Cc1cccc(N2CCN(S(=O)(=O)CC(=O)NCCc3ccc(-c4csc(C)n4)cc3)CC2)c1. The number of sulfonamides is 1. The van der Waals surface area contributed by atoms with E-state index in [-0.39, 0.29) is 0 Å². The van der Waals surface area contributed by atoms with Gasteiger partial charge in [-0.05, 0) is 43.5 Å². The quantitative estimate of drug-likeness (QED) is 0.516. The summed E-state index contributed by atoms with van der Waals surface area (Å²) < 4.78 is 26.9. The highest BCUT2D eigenvalue weighted by Crippen LogP contribution is 2.22. The Morgan fingerprint density at radius 3 is 2.44 bits per heavy atom. The van der Waals surface area contributed by atoms with Crippen LogP contribution in [-0.4, -0.2) is 62.1 Å². The molecule has 1 N–H and O–H groups in total. The van der Waals surface area contributed by atoms with Gasteiger partial charge in [0.25, 0.3) is 0 Å². The molecular weight excluding hydrogens is 468 g/mol. The van der Waals surface area contributed by atoms with Crippen molar-refractivity contribution >= 4 is 33.0 Å². The van der Waals surface area contributed by atoms with Crippen LogP contribution in [-0.2, 0) is 21.2 Å². The van der Waals surface area contributed by atoms with Gasteiger partial charge in [0, 0.05) is 49.4 Å². The number of thiazole rings is 1. The number of aromatic nitrogens is 1. The van der Waals surface area contributed by atoms with Gasteiger partial charge in [-0.15, -0.1) is 11.3 Å². The third-order valence-electron chi connectivity index (χ3n) is 5.92. The molecule has 1 saturated heterocycles. The molecule has 4 rings (SSSR count). The van der Waals surface area contributed by atoms with Gasteiger partial charge in [-0.2, -0.15) is 4.31 Å². The molecule has 0 atom stereocenters. The maximum absolute atomic E-state index is 12.7. The molecule has 1 amide bonds. The summed E-state index contributed by atoms with van der Waals surface area (Å²) in [6.45, 7) is 6.41. The first-order valence-electron chi connectivity index (χ1n) is 11.4. The molecule has 1 aromatic heterocycles. The number of hydrogen-bond donors (Lipinski definition) is 1. The molecule has 1 aliphatic heterocycles. The van der Waals surface area contributed by atoms with Crippen LogP contribution in [0.25, 0.3) is 11.3 Å². The first kappa shape index (κ1) is 24.4. The molecule has 0 radical (unpaired) electrons. The Hall–Kier alpha value is -2.75. The number of rotatable bonds is 8. The van der Waals surface area contributed by atoms with Crippen LogP contribution in [0.1, 0.15) is 16.1 Å². The fourth-order valence-corrected chi connectivity index (χ4v) is 6.00. The number of hydrogen-bond acceptors (Lipinski definition) is 6. The standard InChI is InChI=1S/C25H30N4O3S2/c1-19-4-3-5-23(16-19)28-12-14-29(15-13-28)34(31,32)18-25(30)26-11-10-21-6-8-22(9-7-21)24-17-33-20(2)27-24/h3-9,16-17H,10-15,18H2,1-2H3,(H,26,30). The maximum atomic E-state index is 12.7. The minimum Gasteiger partial charge on any atom is -0.369 e. The molecule has 7 nitrogen and oxygen atoms in total. The van der Waals surface area contributed by atoms with E-state index in [1.54, 1.807) is 11.3 Å². The second-order valence-electron chi connectivity index (χ2n) is 8.53. The van der Waals surface area contributed by atoms with Gasteiger partial charge in [0.05, 0.1) is 10.7 Å². The summed E-state index contributed by atoms with van der Waals surface area (Å²) >= 11 is 1.62. The zero-order chi connectivity index (χ0) is 24.1. The van der Waals surface area contributed by atoms with Crippen molar-refractivity contribution in [3.8, 4) is 11.3 Å². The highest BCUT2D eigenvalue weighted by atomic mass is 32.2. The molecule has 0 unspecified atom stereocenters. The van der Waals surface area contributed by atoms with Gasteiger partial charge in [-0.1, -0.05) is 36.4 Å². The first-order chi connectivity index (χ1) is 16.3. The molecule has 0 aliphatic carbocycles. The number of aryl methyl sites for hydroxylation is 2. The average molecular weight is 499 g/mol. The van der Waals surface area contributed by atoms with Crippen molar-refractivity contribution in [3.63, 3.8) is 0 Å². The predicted octanol–water partition coefficient (Wildman–Crippen LogP) is 3.24. The fraction of sp³-hybridized carbons (Fsp3) is 0.360. The van der Waals surface area contributed by atoms with Crippen LogP contribution in [0, 0.1) is 13.8 Å². The summed E-state index contributed by atoms with van der Waals surface area (Å²) in [6.07, 6.45) is 0.636. The predicted molar refractivity (Wildman–Crippen MR) is 138 cm³/mol. The molecular formula is C25H30N4O3S2. The van der Waals surface area contributed by atoms with Crippen LogP contribution < -0.4 is 10.2 Å². The molecule has 1 fully saturated rings. The lowest BCUT2D eigenvalue weighted by Crippen LogP contribution is -2.50. The van der Waals surface area contributed by atoms with Gasteiger partial charge in [0.15, 0.2) is 0 Å². The molecule has 0 saturated carbocycles. The Labute approximate surface area is 205 Å². The molecule has 2 heterocycles. The third-order valence-corrected chi connectivity index (χ3v) is 8.47. The van der Waals surface area contributed by atoms with Gasteiger partial charge < -0.3 is 10.2 Å². The summed E-state index contributed by atoms with van der Waals surface area (Å²) in [5, 5.41) is 5.82. The summed E-state index contributed by atoms with van der Waals surface area (Å²) in [7, 11) is -3.64. The zero-order valence-corrected chi connectivity index (χ0v) is 21.2. The Kier molecular flexibility index (Phi) is 7.65. The van der Waals surface area contributed by atoms with E-state index >= 15 is 0 Å². The lowest BCUT2D eigenvalue weighted by Gasteiger charge is -2.35. The Morgan fingerprint density at radius 1 is 1.06 bits per heavy atom. The highest BCUT2D eigenvalue weighted by Gasteiger charge is 2.29. The van der Waals surface area contributed by atoms with E-state index < -0.39 is 21.7 Å². The van der Waals surface area contributed by atoms with E-state index in [2.05, 4.69) is 21.3 Å². The number of carbonyl (C=O) groups is 1. The average Bonchev–Trinajstić information content (AvgIpc) is 3.25. The van der Waals surface area contributed by atoms with Crippen molar-refractivity contribution in [2.24, 2.45) is 0 Å². The van der Waals surface area contributed by atoms with Crippen molar-refractivity contribution in [1.82, 2.24) is 14.6 Å². The van der Waals surface area contributed by atoms with Crippen molar-refractivity contribution in [2.75, 3.05) is 43.4 Å². The minimum absolute atomic E-state index is 0.383. The van der Waals surface area contributed by atoms with E-state index in [1.165, 1.54) is 9.87 Å². The second kappa shape index (κ2) is 10.7. The highest BCUT2D eigenvalue weighted by molar-refractivity contribution is 7.89. The Morgan fingerprint density at radius 2 is 1.79 bits per heavy atom. The summed E-state index contributed by atoms with van der Waals surface area (Å²) in [5.41, 5.74) is 5.38. The van der Waals surface area contributed by atoms with Crippen LogP contribution >= 0.6 is 11.3 Å². The number of benzene rings is 2. The molecule has 2 aromatic carbocycles. The third kappa shape index (κ3) is 6.22. The number of nitrogens with one attached hydrogen (secondary N) is 1. The topological polar surface area (TPSA) is 82.6 Å². The van der Waals surface area contributed by atoms with E-state index in [0.717, 1.165) is 27.5 Å². The van der Waals surface area contributed by atoms with Crippen molar-refractivity contribution < 1.29 is 13.2 Å². The van der Waals surface area contributed by atoms with Crippen LogP contribution in [0.15, 0.2) is 53.9 Å². The molecule has 0 bridgehead atoms. The Balaban J connectivity index is 1.22. The monoisotopic (exact) mass is 498 g/mol. The zero-order valence-electron chi connectivity index (χ0n) is 19.5. The smallest absolute Gasteiger partial charge is 0.236 e. The number of carbonyl (C=O) groups excluding carboxylic acids is 1. The summed E-state index contributed by atoms with van der Waals surface area (Å²) in [4.78, 5) is 19.0. The molecule has 180 valence electrons. The minimum atomic E-state index is -3.64. The second-order valence-corrected chi connectivity index (χ2v) is 11.6. The van der Waals surface area contributed by atoms with Crippen molar-refractivity contribution in [3.05, 3.63) is 70.0 Å². The number of amides is 1. The molecule has 1 aliphatic rings. The lowest BCUT2D eigenvalue weighted by molar-refractivity contribution is -0.118. The van der Waals surface area contributed by atoms with Gasteiger partial charge >= 0.3 is 0 Å². The number of nitrogens with zero attached hydrogens (tertiary/aromatic N) is 3. The van der Waals surface area contributed by atoms with Crippen molar-refractivity contribution in [1.29, 1.82) is 0 Å². The molecule has 34 heavy (non-hydrogen) atoms. The van der Waals surface area contributed by atoms with E-state index in [4.69, 9.17) is 0 Å². The van der Waals surface area contributed by atoms with Crippen LogP contribution in [0.3, 0.4) is 0 Å². The first-order valence-corrected chi connectivity index (χ1v) is 13.9. The maximum Gasteiger partial charge on any atom is 0.236 e. The number of piperazine rings is 1. The van der Waals surface area contributed by atoms with E-state index in [9.17, 15) is 13.2 Å². The summed E-state index contributed by atoms with van der Waals surface area (Å²) in [6, 6.07) is 16.3. The molecule has 0 spiro atoms. The number of anilines is 1. The van der Waals surface area contributed by atoms with Gasteiger partial charge in [-0.3, -0.25) is 4.79 Å². The summed E-state index contributed by atoms with van der Waals surface area (Å²) in [5.74, 6) is -0.977. The molecule has 9 heteroatoms.